The van der Waals surface area contributed by atoms with Gasteiger partial charge in [0, 0.05) is 17.4 Å². The molecule has 26 heavy (non-hydrogen) atoms. The first kappa shape index (κ1) is 19.0. The summed E-state index contributed by atoms with van der Waals surface area (Å²) in [5.41, 5.74) is 9.40. The molecule has 0 N–H and O–H groups in total. The summed E-state index contributed by atoms with van der Waals surface area (Å²) in [6.07, 6.45) is -2.32. The number of nitrogens with zero attached hydrogens (tertiary/aromatic N) is 3. The van der Waals surface area contributed by atoms with E-state index in [1.807, 2.05) is 37.3 Å². The number of hydrogen-bond donors (Lipinski definition) is 0. The molecule has 6 atom stereocenters. The van der Waals surface area contributed by atoms with Gasteiger partial charge >= 0.3 is 5.97 Å². The Morgan fingerprint density at radius 1 is 1.38 bits per heavy atom. The SMILES string of the molecule is CCS[C@@H]1O[C@@H]2COC(c3ccccc3)O[C@H]2[C@H](OC(C)=O)[C@H]1N=[N+]=[N-]. The molecule has 2 aliphatic rings. The van der Waals surface area contributed by atoms with Gasteiger partial charge in [-0.1, -0.05) is 42.4 Å². The quantitative estimate of drug-likeness (QED) is 0.337. The number of carbonyl (C=O) groups excluding carboxylic acids is 1. The highest BCUT2D eigenvalue weighted by Gasteiger charge is 2.51. The third-order valence-corrected chi connectivity index (χ3v) is 5.25. The zero-order chi connectivity index (χ0) is 18.5. The lowest BCUT2D eigenvalue weighted by molar-refractivity contribution is -0.306. The van der Waals surface area contributed by atoms with Gasteiger partial charge in [-0.05, 0) is 11.3 Å². The van der Waals surface area contributed by atoms with Crippen LogP contribution in [0.15, 0.2) is 35.4 Å². The molecule has 0 saturated carbocycles. The molecular weight excluding hydrogens is 358 g/mol. The molecule has 3 rings (SSSR count). The van der Waals surface area contributed by atoms with Crippen molar-refractivity contribution in [1.82, 2.24) is 0 Å². The third-order valence-electron chi connectivity index (χ3n) is 4.20. The Kier molecular flexibility index (Phi) is 6.39. The number of fused-ring (bicyclic) bond motifs is 1. The maximum absolute atomic E-state index is 11.7. The number of benzene rings is 1. The zero-order valence-corrected chi connectivity index (χ0v) is 15.4. The summed E-state index contributed by atoms with van der Waals surface area (Å²) in [5, 5.41) is 3.84. The van der Waals surface area contributed by atoms with Gasteiger partial charge in [0.2, 0.25) is 0 Å². The molecule has 1 aromatic rings. The first-order valence-corrected chi connectivity index (χ1v) is 9.49. The predicted molar refractivity (Wildman–Crippen MR) is 95.3 cm³/mol. The van der Waals surface area contributed by atoms with Crippen molar-refractivity contribution in [2.24, 2.45) is 5.11 Å². The van der Waals surface area contributed by atoms with E-state index >= 15 is 0 Å². The van der Waals surface area contributed by atoms with E-state index in [2.05, 4.69) is 10.0 Å². The highest BCUT2D eigenvalue weighted by molar-refractivity contribution is 7.99. The van der Waals surface area contributed by atoms with E-state index in [1.165, 1.54) is 18.7 Å². The van der Waals surface area contributed by atoms with Gasteiger partial charge in [0.25, 0.3) is 0 Å². The third kappa shape index (κ3) is 4.13. The van der Waals surface area contributed by atoms with Crippen molar-refractivity contribution in [3.05, 3.63) is 46.3 Å². The summed E-state index contributed by atoms with van der Waals surface area (Å²) in [4.78, 5) is 14.6. The van der Waals surface area contributed by atoms with Crippen LogP contribution < -0.4 is 0 Å². The van der Waals surface area contributed by atoms with Crippen LogP contribution in [0.3, 0.4) is 0 Å². The van der Waals surface area contributed by atoms with Crippen LogP contribution in [0.25, 0.3) is 10.4 Å². The van der Waals surface area contributed by atoms with Crippen molar-refractivity contribution in [2.45, 2.75) is 49.9 Å². The van der Waals surface area contributed by atoms with Crippen molar-refractivity contribution < 1.29 is 23.7 Å². The number of rotatable bonds is 5. The van der Waals surface area contributed by atoms with Gasteiger partial charge in [-0.25, -0.2) is 0 Å². The molecule has 140 valence electrons. The number of esters is 1. The van der Waals surface area contributed by atoms with Crippen LogP contribution >= 0.6 is 11.8 Å². The molecule has 8 nitrogen and oxygen atoms in total. The van der Waals surface area contributed by atoms with Crippen LogP contribution in [0, 0.1) is 0 Å². The Hall–Kier alpha value is -1.77. The molecule has 0 aromatic heterocycles. The van der Waals surface area contributed by atoms with Crippen molar-refractivity contribution in [3.8, 4) is 0 Å². The van der Waals surface area contributed by atoms with E-state index in [1.54, 1.807) is 0 Å². The van der Waals surface area contributed by atoms with Crippen LogP contribution in [-0.4, -0.2) is 48.1 Å². The maximum Gasteiger partial charge on any atom is 0.303 e. The number of hydrogen-bond acceptors (Lipinski definition) is 7. The number of azide groups is 1. The van der Waals surface area contributed by atoms with E-state index in [4.69, 9.17) is 24.5 Å². The molecule has 0 aliphatic carbocycles. The second-order valence-corrected chi connectivity index (χ2v) is 7.32. The van der Waals surface area contributed by atoms with Crippen molar-refractivity contribution in [1.29, 1.82) is 0 Å². The molecule has 0 radical (unpaired) electrons. The lowest BCUT2D eigenvalue weighted by Gasteiger charge is -2.47. The standard InChI is InChI=1S/C17H21N3O5S/c1-3-26-17-13(19-20-18)15(23-10(2)21)14-12(24-17)9-22-16(25-14)11-7-5-4-6-8-11/h4-8,12-17H,3,9H2,1-2H3/t12-,13-,14-,15-,16?,17+/m1/s1. The number of carbonyl (C=O) groups is 1. The van der Waals surface area contributed by atoms with Crippen molar-refractivity contribution in [2.75, 3.05) is 12.4 Å². The Morgan fingerprint density at radius 3 is 2.81 bits per heavy atom. The Bertz CT molecular complexity index is 670. The second kappa shape index (κ2) is 8.75. The van der Waals surface area contributed by atoms with E-state index in [-0.39, 0.29) is 0 Å². The summed E-state index contributed by atoms with van der Waals surface area (Å²) < 4.78 is 23.4. The van der Waals surface area contributed by atoms with Gasteiger partial charge in [-0.15, -0.1) is 11.8 Å². The summed E-state index contributed by atoms with van der Waals surface area (Å²) in [6.45, 7) is 3.60. The molecule has 0 spiro atoms. The van der Waals surface area contributed by atoms with Crippen LogP contribution in [0.1, 0.15) is 25.7 Å². The summed E-state index contributed by atoms with van der Waals surface area (Å²) in [6, 6.07) is 8.82. The van der Waals surface area contributed by atoms with Gasteiger partial charge < -0.3 is 18.9 Å². The normalized spacial score (nSPS) is 33.6. The summed E-state index contributed by atoms with van der Waals surface area (Å²) in [7, 11) is 0. The first-order chi connectivity index (χ1) is 12.6. The molecule has 0 bridgehead atoms. The van der Waals surface area contributed by atoms with Crippen LogP contribution in [0.4, 0.5) is 0 Å². The summed E-state index contributed by atoms with van der Waals surface area (Å²) in [5.74, 6) is 0.307. The summed E-state index contributed by atoms with van der Waals surface area (Å²) >= 11 is 1.49. The average molecular weight is 379 g/mol. The molecule has 2 fully saturated rings. The van der Waals surface area contributed by atoms with Crippen LogP contribution in [0.5, 0.6) is 0 Å². The molecule has 2 saturated heterocycles. The highest BCUT2D eigenvalue weighted by Crippen LogP contribution is 2.39. The Balaban J connectivity index is 1.87. The van der Waals surface area contributed by atoms with E-state index in [9.17, 15) is 4.79 Å². The van der Waals surface area contributed by atoms with Gasteiger partial charge in [0.1, 0.15) is 29.8 Å². The molecule has 9 heteroatoms. The fraction of sp³-hybridized carbons (Fsp3) is 0.588. The Morgan fingerprint density at radius 2 is 2.15 bits per heavy atom. The fourth-order valence-corrected chi connectivity index (χ4v) is 4.11. The smallest absolute Gasteiger partial charge is 0.303 e. The van der Waals surface area contributed by atoms with Gasteiger partial charge in [-0.3, -0.25) is 4.79 Å². The Labute approximate surface area is 155 Å². The number of thioether (sulfide) groups is 1. The number of ether oxygens (including phenoxy) is 4. The minimum Gasteiger partial charge on any atom is -0.459 e. The van der Waals surface area contributed by atoms with Gasteiger partial charge in [0.05, 0.1) is 6.61 Å². The highest BCUT2D eigenvalue weighted by atomic mass is 32.2. The molecule has 2 aliphatic heterocycles. The maximum atomic E-state index is 11.7. The fourth-order valence-electron chi connectivity index (χ4n) is 3.15. The molecule has 2 heterocycles. The second-order valence-electron chi connectivity index (χ2n) is 5.94. The zero-order valence-electron chi connectivity index (χ0n) is 14.6. The van der Waals surface area contributed by atoms with Crippen molar-refractivity contribution in [3.63, 3.8) is 0 Å². The van der Waals surface area contributed by atoms with Crippen molar-refractivity contribution >= 4 is 17.7 Å². The molecular formula is C17H21N3O5S. The van der Waals surface area contributed by atoms with Crippen LogP contribution in [0.2, 0.25) is 0 Å². The van der Waals surface area contributed by atoms with E-state index in [0.29, 0.717) is 6.61 Å². The molecule has 1 unspecified atom stereocenters. The first-order valence-electron chi connectivity index (χ1n) is 8.44. The average Bonchev–Trinajstić information content (AvgIpc) is 2.64. The van der Waals surface area contributed by atoms with Gasteiger partial charge in [0.15, 0.2) is 6.29 Å². The monoisotopic (exact) mass is 379 g/mol. The van der Waals surface area contributed by atoms with E-state index in [0.717, 1.165) is 11.3 Å². The van der Waals surface area contributed by atoms with Gasteiger partial charge in [-0.2, -0.15) is 0 Å². The molecule has 1 aromatic carbocycles. The molecule has 0 amide bonds. The van der Waals surface area contributed by atoms with Crippen LogP contribution in [-0.2, 0) is 23.7 Å². The lowest BCUT2D eigenvalue weighted by atomic mass is 9.97. The largest absolute Gasteiger partial charge is 0.459 e. The van der Waals surface area contributed by atoms with E-state index < -0.39 is 42.0 Å². The minimum atomic E-state index is -0.735. The predicted octanol–water partition coefficient (Wildman–Crippen LogP) is 3.19. The lowest BCUT2D eigenvalue weighted by Crippen LogP contribution is -2.61. The topological polar surface area (TPSA) is 103 Å². The minimum absolute atomic E-state index is 0.297.